The number of halogens is 2. The fourth-order valence-corrected chi connectivity index (χ4v) is 3.18. The third kappa shape index (κ3) is 3.39. The first kappa shape index (κ1) is 13.2. The van der Waals surface area contributed by atoms with Crippen molar-refractivity contribution >= 4 is 9.84 Å². The Hall–Kier alpha value is -1.21. The lowest BCUT2D eigenvalue weighted by molar-refractivity contribution is 0.261. The second-order valence-electron chi connectivity index (χ2n) is 4.15. The summed E-state index contributed by atoms with van der Waals surface area (Å²) in [5, 5.41) is 2.98. The highest BCUT2D eigenvalue weighted by Gasteiger charge is 2.24. The van der Waals surface area contributed by atoms with Gasteiger partial charge in [0, 0.05) is 12.6 Å². The van der Waals surface area contributed by atoms with Crippen LogP contribution in [0.15, 0.2) is 18.2 Å². The van der Waals surface area contributed by atoms with Gasteiger partial charge in [-0.2, -0.15) is 0 Å². The van der Waals surface area contributed by atoms with Gasteiger partial charge in [-0.25, -0.2) is 17.2 Å². The molecule has 0 radical (unpaired) electrons. The standard InChI is InChI=1S/C11H13F2NO3S/c12-8-1-2-11(10(13)5-8)17-6-9-7-18(15,16)4-3-14-9/h1-2,5,9,14H,3-4,6-7H2. The molecule has 4 nitrogen and oxygen atoms in total. The van der Waals surface area contributed by atoms with Crippen LogP contribution in [0.5, 0.6) is 5.75 Å². The van der Waals surface area contributed by atoms with E-state index in [0.29, 0.717) is 6.54 Å². The third-order valence-corrected chi connectivity index (χ3v) is 4.37. The fourth-order valence-electron chi connectivity index (χ4n) is 1.76. The molecule has 1 aromatic carbocycles. The van der Waals surface area contributed by atoms with Crippen molar-refractivity contribution in [2.24, 2.45) is 0 Å². The third-order valence-electron chi connectivity index (χ3n) is 2.64. The molecule has 0 saturated carbocycles. The van der Waals surface area contributed by atoms with Crippen molar-refractivity contribution in [2.45, 2.75) is 6.04 Å². The number of nitrogens with one attached hydrogen (secondary N) is 1. The van der Waals surface area contributed by atoms with Crippen molar-refractivity contribution in [2.75, 3.05) is 24.7 Å². The van der Waals surface area contributed by atoms with E-state index >= 15 is 0 Å². The Bertz CT molecular complexity index is 533. The summed E-state index contributed by atoms with van der Waals surface area (Å²) in [6.07, 6.45) is 0. The molecule has 2 rings (SSSR count). The Morgan fingerprint density at radius 3 is 2.83 bits per heavy atom. The van der Waals surface area contributed by atoms with Gasteiger partial charge in [-0.05, 0) is 12.1 Å². The number of hydrogen-bond donors (Lipinski definition) is 1. The van der Waals surface area contributed by atoms with Crippen molar-refractivity contribution in [1.29, 1.82) is 0 Å². The second kappa shape index (κ2) is 5.19. The molecular weight excluding hydrogens is 264 g/mol. The lowest BCUT2D eigenvalue weighted by atomic mass is 10.3. The van der Waals surface area contributed by atoms with Crippen LogP contribution in [0.25, 0.3) is 0 Å². The minimum atomic E-state index is -3.05. The van der Waals surface area contributed by atoms with E-state index in [0.717, 1.165) is 12.1 Å². The number of rotatable bonds is 3. The summed E-state index contributed by atoms with van der Waals surface area (Å²) in [5.74, 6) is -1.49. The molecule has 18 heavy (non-hydrogen) atoms. The topological polar surface area (TPSA) is 55.4 Å². The maximum absolute atomic E-state index is 13.3. The van der Waals surface area contributed by atoms with E-state index in [-0.39, 0.29) is 29.9 Å². The Kier molecular flexibility index (Phi) is 3.82. The van der Waals surface area contributed by atoms with Crippen molar-refractivity contribution in [3.63, 3.8) is 0 Å². The zero-order valence-electron chi connectivity index (χ0n) is 9.53. The van der Waals surface area contributed by atoms with E-state index < -0.39 is 21.5 Å². The monoisotopic (exact) mass is 277 g/mol. The summed E-state index contributed by atoms with van der Waals surface area (Å²) in [5.41, 5.74) is 0. The molecule has 1 N–H and O–H groups in total. The average Bonchev–Trinajstić information content (AvgIpc) is 2.26. The highest BCUT2D eigenvalue weighted by atomic mass is 32.2. The molecule has 1 aliphatic rings. The Labute approximate surface area is 104 Å². The molecule has 1 atom stereocenters. The molecule has 1 heterocycles. The van der Waals surface area contributed by atoms with Crippen LogP contribution < -0.4 is 10.1 Å². The van der Waals surface area contributed by atoms with Gasteiger partial charge in [-0.3, -0.25) is 0 Å². The Morgan fingerprint density at radius 1 is 1.39 bits per heavy atom. The van der Waals surface area contributed by atoms with Gasteiger partial charge in [-0.1, -0.05) is 0 Å². The van der Waals surface area contributed by atoms with Crippen molar-refractivity contribution in [1.82, 2.24) is 5.32 Å². The predicted molar refractivity (Wildman–Crippen MR) is 62.3 cm³/mol. The molecule has 1 aromatic rings. The van der Waals surface area contributed by atoms with Gasteiger partial charge in [0.15, 0.2) is 21.4 Å². The average molecular weight is 277 g/mol. The van der Waals surface area contributed by atoms with Gasteiger partial charge in [0.05, 0.1) is 17.5 Å². The number of hydrogen-bond acceptors (Lipinski definition) is 4. The highest BCUT2D eigenvalue weighted by molar-refractivity contribution is 7.91. The number of ether oxygens (including phenoxy) is 1. The zero-order chi connectivity index (χ0) is 13.2. The van der Waals surface area contributed by atoms with Crippen LogP contribution in [0.3, 0.4) is 0 Å². The Morgan fingerprint density at radius 2 is 2.17 bits per heavy atom. The molecular formula is C11H13F2NO3S. The Balaban J connectivity index is 1.95. The smallest absolute Gasteiger partial charge is 0.167 e. The van der Waals surface area contributed by atoms with Crippen LogP contribution in [-0.4, -0.2) is 39.1 Å². The largest absolute Gasteiger partial charge is 0.489 e. The maximum Gasteiger partial charge on any atom is 0.167 e. The summed E-state index contributed by atoms with van der Waals surface area (Å²) in [4.78, 5) is 0. The predicted octanol–water partition coefficient (Wildman–Crippen LogP) is 0.730. The first-order chi connectivity index (χ1) is 8.46. The maximum atomic E-state index is 13.3. The van der Waals surface area contributed by atoms with Crippen LogP contribution in [0.1, 0.15) is 0 Å². The van der Waals surface area contributed by atoms with Gasteiger partial charge in [-0.15, -0.1) is 0 Å². The van der Waals surface area contributed by atoms with Crippen LogP contribution in [0.4, 0.5) is 8.78 Å². The van der Waals surface area contributed by atoms with Crippen molar-refractivity contribution in [3.8, 4) is 5.75 Å². The zero-order valence-corrected chi connectivity index (χ0v) is 10.3. The van der Waals surface area contributed by atoms with E-state index in [1.807, 2.05) is 0 Å². The van der Waals surface area contributed by atoms with E-state index in [4.69, 9.17) is 4.74 Å². The quantitative estimate of drug-likeness (QED) is 0.885. The van der Waals surface area contributed by atoms with Gasteiger partial charge in [0.25, 0.3) is 0 Å². The number of sulfone groups is 1. The van der Waals surface area contributed by atoms with Gasteiger partial charge >= 0.3 is 0 Å². The summed E-state index contributed by atoms with van der Waals surface area (Å²) in [6.45, 7) is 0.393. The van der Waals surface area contributed by atoms with E-state index in [9.17, 15) is 17.2 Å². The lowest BCUT2D eigenvalue weighted by Crippen LogP contribution is -2.48. The molecule has 1 fully saturated rings. The van der Waals surface area contributed by atoms with Crippen LogP contribution in [0, 0.1) is 11.6 Å². The summed E-state index contributed by atoms with van der Waals surface area (Å²) in [7, 11) is -3.05. The van der Waals surface area contributed by atoms with Crippen LogP contribution in [-0.2, 0) is 9.84 Å². The second-order valence-corrected chi connectivity index (χ2v) is 6.38. The molecule has 0 bridgehead atoms. The van der Waals surface area contributed by atoms with E-state index in [2.05, 4.69) is 5.32 Å². The molecule has 0 aromatic heterocycles. The van der Waals surface area contributed by atoms with Crippen molar-refractivity contribution < 1.29 is 21.9 Å². The van der Waals surface area contributed by atoms with Gasteiger partial charge < -0.3 is 10.1 Å². The summed E-state index contributed by atoms with van der Waals surface area (Å²) in [6, 6.07) is 2.62. The molecule has 1 aliphatic heterocycles. The fraction of sp³-hybridized carbons (Fsp3) is 0.455. The molecule has 7 heteroatoms. The van der Waals surface area contributed by atoms with Gasteiger partial charge in [0.2, 0.25) is 0 Å². The first-order valence-electron chi connectivity index (χ1n) is 5.48. The normalized spacial score (nSPS) is 22.7. The minimum Gasteiger partial charge on any atom is -0.489 e. The molecule has 1 unspecified atom stereocenters. The molecule has 0 amide bonds. The molecule has 1 saturated heterocycles. The molecule has 0 spiro atoms. The van der Waals surface area contributed by atoms with Crippen LogP contribution in [0.2, 0.25) is 0 Å². The highest BCUT2D eigenvalue weighted by Crippen LogP contribution is 2.18. The van der Waals surface area contributed by atoms with Gasteiger partial charge in [0.1, 0.15) is 12.4 Å². The van der Waals surface area contributed by atoms with E-state index in [1.54, 1.807) is 0 Å². The molecule has 0 aliphatic carbocycles. The van der Waals surface area contributed by atoms with Crippen molar-refractivity contribution in [3.05, 3.63) is 29.8 Å². The van der Waals surface area contributed by atoms with Crippen LogP contribution >= 0.6 is 0 Å². The first-order valence-corrected chi connectivity index (χ1v) is 7.30. The van der Waals surface area contributed by atoms with E-state index in [1.165, 1.54) is 6.07 Å². The minimum absolute atomic E-state index is 0.0295. The summed E-state index contributed by atoms with van der Waals surface area (Å²) < 4.78 is 53.8. The lowest BCUT2D eigenvalue weighted by Gasteiger charge is -2.23. The summed E-state index contributed by atoms with van der Waals surface area (Å²) >= 11 is 0. The number of benzene rings is 1. The SMILES string of the molecule is O=S1(=O)CCNC(COc2ccc(F)cc2F)C1. The molecule has 100 valence electrons.